The number of benzene rings is 2. The van der Waals surface area contributed by atoms with E-state index in [2.05, 4.69) is 26.2 Å². The third kappa shape index (κ3) is 5.14. The number of nitrogens with zero attached hydrogens (tertiary/aromatic N) is 2. The number of hydrogen-bond acceptors (Lipinski definition) is 5. The molecule has 1 aliphatic heterocycles. The van der Waals surface area contributed by atoms with E-state index in [-0.39, 0.29) is 18.2 Å². The molecule has 146 valence electrons. The molecule has 6 nitrogen and oxygen atoms in total. The number of carbonyl (C=O) groups is 2. The van der Waals surface area contributed by atoms with E-state index in [4.69, 9.17) is 4.74 Å². The second-order valence-electron chi connectivity index (χ2n) is 6.08. The van der Waals surface area contributed by atoms with Crippen molar-refractivity contribution in [3.8, 4) is 5.75 Å². The van der Waals surface area contributed by atoms with Crippen LogP contribution in [-0.2, 0) is 9.59 Å². The Morgan fingerprint density at radius 3 is 2.54 bits per heavy atom. The van der Waals surface area contributed by atoms with Crippen molar-refractivity contribution in [3.05, 3.63) is 53.0 Å². The Bertz CT molecular complexity index is 885. The summed E-state index contributed by atoms with van der Waals surface area (Å²) in [6, 6.07) is 14.7. The predicted molar refractivity (Wildman–Crippen MR) is 116 cm³/mol. The summed E-state index contributed by atoms with van der Waals surface area (Å²) >= 11 is 4.69. The van der Waals surface area contributed by atoms with Crippen LogP contribution >= 0.6 is 27.7 Å². The number of aliphatic imine (C=N–C) groups is 1. The molecule has 28 heavy (non-hydrogen) atoms. The second-order valence-corrected chi connectivity index (χ2v) is 8.17. The van der Waals surface area contributed by atoms with Crippen LogP contribution in [0.15, 0.2) is 58.0 Å². The van der Waals surface area contributed by atoms with Crippen LogP contribution in [0.1, 0.15) is 13.3 Å². The molecule has 0 aliphatic carbocycles. The average Bonchev–Trinajstić information content (AvgIpc) is 2.93. The molecule has 1 atom stereocenters. The summed E-state index contributed by atoms with van der Waals surface area (Å²) in [6.45, 7) is 2.50. The molecule has 1 heterocycles. The summed E-state index contributed by atoms with van der Waals surface area (Å²) in [7, 11) is 1.68. The maximum Gasteiger partial charge on any atom is 0.242 e. The Kier molecular flexibility index (Phi) is 6.74. The third-order valence-electron chi connectivity index (χ3n) is 4.01. The quantitative estimate of drug-likeness (QED) is 0.689. The van der Waals surface area contributed by atoms with E-state index in [1.54, 1.807) is 31.3 Å². The van der Waals surface area contributed by atoms with E-state index in [0.717, 1.165) is 15.9 Å². The van der Waals surface area contributed by atoms with Crippen LogP contribution in [0.3, 0.4) is 0 Å². The SMILES string of the molecule is CCOc1ccc(NC(=O)C[C@H]2SC(=Nc3ccc(Br)cc3)N(C)C2=O)cc1. The van der Waals surface area contributed by atoms with Crippen LogP contribution in [-0.4, -0.2) is 40.8 Å². The lowest BCUT2D eigenvalue weighted by molar-refractivity contribution is -0.127. The largest absolute Gasteiger partial charge is 0.494 e. The molecule has 0 aromatic heterocycles. The number of anilines is 1. The van der Waals surface area contributed by atoms with Crippen molar-refractivity contribution in [1.29, 1.82) is 0 Å². The lowest BCUT2D eigenvalue weighted by atomic mass is 10.2. The normalized spacial score (nSPS) is 17.8. The van der Waals surface area contributed by atoms with Crippen molar-refractivity contribution in [2.75, 3.05) is 19.0 Å². The molecule has 2 aromatic carbocycles. The number of rotatable bonds is 6. The number of ether oxygens (including phenoxy) is 1. The average molecular weight is 462 g/mol. The first-order valence-corrected chi connectivity index (χ1v) is 10.4. The Labute approximate surface area is 176 Å². The molecule has 1 fully saturated rings. The molecule has 1 saturated heterocycles. The zero-order chi connectivity index (χ0) is 20.1. The van der Waals surface area contributed by atoms with Gasteiger partial charge in [-0.25, -0.2) is 4.99 Å². The third-order valence-corrected chi connectivity index (χ3v) is 5.77. The molecule has 2 aromatic rings. The maximum atomic E-state index is 12.5. The van der Waals surface area contributed by atoms with Gasteiger partial charge in [0.2, 0.25) is 11.8 Å². The number of carbonyl (C=O) groups excluding carboxylic acids is 2. The molecule has 8 heteroatoms. The molecular formula is C20H20BrN3O3S. The highest BCUT2D eigenvalue weighted by Gasteiger charge is 2.36. The van der Waals surface area contributed by atoms with Crippen molar-refractivity contribution in [3.63, 3.8) is 0 Å². The molecule has 1 aliphatic rings. The zero-order valence-corrected chi connectivity index (χ0v) is 17.9. The van der Waals surface area contributed by atoms with Gasteiger partial charge < -0.3 is 10.1 Å². The molecular weight excluding hydrogens is 442 g/mol. The zero-order valence-electron chi connectivity index (χ0n) is 15.5. The minimum absolute atomic E-state index is 0.0837. The standard InChI is InChI=1S/C20H20BrN3O3S/c1-3-27-16-10-8-14(9-11-16)22-18(25)12-17-19(26)24(2)20(28-17)23-15-6-4-13(21)5-7-15/h4-11,17H,3,12H2,1-2H3,(H,22,25)/t17-/m1/s1. The second kappa shape index (κ2) is 9.25. The van der Waals surface area contributed by atoms with Gasteiger partial charge in [0.05, 0.1) is 12.3 Å². The highest BCUT2D eigenvalue weighted by atomic mass is 79.9. The van der Waals surface area contributed by atoms with Gasteiger partial charge in [0.15, 0.2) is 5.17 Å². The number of nitrogens with one attached hydrogen (secondary N) is 1. The van der Waals surface area contributed by atoms with Crippen LogP contribution in [0.4, 0.5) is 11.4 Å². The molecule has 0 radical (unpaired) electrons. The highest BCUT2D eigenvalue weighted by molar-refractivity contribution is 9.10. The Balaban J connectivity index is 1.61. The number of halogens is 1. The van der Waals surface area contributed by atoms with Gasteiger partial charge in [-0.05, 0) is 55.5 Å². The van der Waals surface area contributed by atoms with Crippen LogP contribution < -0.4 is 10.1 Å². The fourth-order valence-corrected chi connectivity index (χ4v) is 4.02. The minimum atomic E-state index is -0.484. The van der Waals surface area contributed by atoms with Gasteiger partial charge in [0, 0.05) is 23.6 Å². The van der Waals surface area contributed by atoms with E-state index in [1.807, 2.05) is 31.2 Å². The van der Waals surface area contributed by atoms with Crippen LogP contribution in [0.5, 0.6) is 5.75 Å². The van der Waals surface area contributed by atoms with Crippen molar-refractivity contribution in [2.45, 2.75) is 18.6 Å². The van der Waals surface area contributed by atoms with Crippen molar-refractivity contribution >= 4 is 56.0 Å². The van der Waals surface area contributed by atoms with E-state index in [0.29, 0.717) is 17.5 Å². The fraction of sp³-hybridized carbons (Fsp3) is 0.250. The van der Waals surface area contributed by atoms with Gasteiger partial charge in [-0.15, -0.1) is 0 Å². The minimum Gasteiger partial charge on any atom is -0.494 e. The predicted octanol–water partition coefficient (Wildman–Crippen LogP) is 4.44. The van der Waals surface area contributed by atoms with E-state index >= 15 is 0 Å². The summed E-state index contributed by atoms with van der Waals surface area (Å²) in [6.07, 6.45) is 0.0837. The van der Waals surface area contributed by atoms with Crippen molar-refractivity contribution < 1.29 is 14.3 Å². The molecule has 0 spiro atoms. The molecule has 3 rings (SSSR count). The number of hydrogen-bond donors (Lipinski definition) is 1. The molecule has 1 N–H and O–H groups in total. The Morgan fingerprint density at radius 1 is 1.21 bits per heavy atom. The Hall–Kier alpha value is -2.32. The lowest BCUT2D eigenvalue weighted by Crippen LogP contribution is -2.30. The van der Waals surface area contributed by atoms with Crippen molar-refractivity contribution in [1.82, 2.24) is 4.90 Å². The number of amides is 2. The summed E-state index contributed by atoms with van der Waals surface area (Å²) in [5.74, 6) is 0.411. The van der Waals surface area contributed by atoms with E-state index in [9.17, 15) is 9.59 Å². The van der Waals surface area contributed by atoms with Gasteiger partial charge in [-0.2, -0.15) is 0 Å². The lowest BCUT2D eigenvalue weighted by Gasteiger charge is -2.10. The van der Waals surface area contributed by atoms with Gasteiger partial charge in [0.1, 0.15) is 11.0 Å². The monoisotopic (exact) mass is 461 g/mol. The smallest absolute Gasteiger partial charge is 0.242 e. The van der Waals surface area contributed by atoms with Crippen molar-refractivity contribution in [2.24, 2.45) is 4.99 Å². The van der Waals surface area contributed by atoms with Crippen LogP contribution in [0.25, 0.3) is 0 Å². The summed E-state index contributed by atoms with van der Waals surface area (Å²) in [5, 5.41) is 2.93. The van der Waals surface area contributed by atoms with Gasteiger partial charge in [-0.1, -0.05) is 27.7 Å². The summed E-state index contributed by atoms with van der Waals surface area (Å²) in [4.78, 5) is 30.9. The highest BCUT2D eigenvalue weighted by Crippen LogP contribution is 2.31. The molecule has 2 amide bonds. The van der Waals surface area contributed by atoms with Gasteiger partial charge in [0.25, 0.3) is 0 Å². The maximum absolute atomic E-state index is 12.5. The number of thioether (sulfide) groups is 1. The van der Waals surface area contributed by atoms with E-state index in [1.165, 1.54) is 16.7 Å². The Morgan fingerprint density at radius 2 is 1.89 bits per heavy atom. The van der Waals surface area contributed by atoms with E-state index < -0.39 is 5.25 Å². The van der Waals surface area contributed by atoms with Crippen LogP contribution in [0, 0.1) is 0 Å². The molecule has 0 bridgehead atoms. The van der Waals surface area contributed by atoms with Crippen LogP contribution in [0.2, 0.25) is 0 Å². The first kappa shape index (κ1) is 20.4. The summed E-state index contributed by atoms with van der Waals surface area (Å²) < 4.78 is 6.35. The molecule has 0 saturated carbocycles. The first-order chi connectivity index (χ1) is 13.5. The number of amidine groups is 1. The topological polar surface area (TPSA) is 71.0 Å². The fourth-order valence-electron chi connectivity index (χ4n) is 2.60. The summed E-state index contributed by atoms with van der Waals surface area (Å²) in [5.41, 5.74) is 1.42. The van der Waals surface area contributed by atoms with Gasteiger partial charge in [-0.3, -0.25) is 14.5 Å². The first-order valence-electron chi connectivity index (χ1n) is 8.77. The molecule has 0 unspecified atom stereocenters. The van der Waals surface area contributed by atoms with Gasteiger partial charge >= 0.3 is 0 Å².